The highest BCUT2D eigenvalue weighted by molar-refractivity contribution is 5.91. The predicted molar refractivity (Wildman–Crippen MR) is 153 cm³/mol. The zero-order chi connectivity index (χ0) is 28.8. The van der Waals surface area contributed by atoms with Crippen LogP contribution in [-0.4, -0.2) is 96.8 Å². The van der Waals surface area contributed by atoms with Crippen molar-refractivity contribution in [1.82, 2.24) is 25.5 Å². The predicted octanol–water partition coefficient (Wildman–Crippen LogP) is 1.69. The maximum atomic E-state index is 13.9. The number of allylic oxidation sites excluding steroid dienone is 2. The number of anilines is 1. The highest BCUT2D eigenvalue weighted by Gasteiger charge is 2.44. The van der Waals surface area contributed by atoms with Crippen molar-refractivity contribution in [2.45, 2.75) is 70.6 Å². The lowest BCUT2D eigenvalue weighted by Gasteiger charge is -2.43. The summed E-state index contributed by atoms with van der Waals surface area (Å²) >= 11 is 0. The maximum Gasteiger partial charge on any atom is 0.253 e. The fourth-order valence-corrected chi connectivity index (χ4v) is 6.44. The third-order valence-corrected chi connectivity index (χ3v) is 8.97. The highest BCUT2D eigenvalue weighted by Crippen LogP contribution is 2.37. The quantitative estimate of drug-likeness (QED) is 0.526. The van der Waals surface area contributed by atoms with Crippen LogP contribution in [0.4, 0.5) is 5.82 Å². The van der Waals surface area contributed by atoms with Gasteiger partial charge in [-0.05, 0) is 44.4 Å². The van der Waals surface area contributed by atoms with Gasteiger partial charge < -0.3 is 29.9 Å². The average molecular weight is 569 g/mol. The zero-order valence-electron chi connectivity index (χ0n) is 24.3. The number of fused-ring (bicyclic) bond motifs is 1. The van der Waals surface area contributed by atoms with Crippen molar-refractivity contribution in [3.05, 3.63) is 30.7 Å². The second kappa shape index (κ2) is 13.3. The number of carbonyl (C=O) groups is 3. The molecule has 3 amide bonds. The van der Waals surface area contributed by atoms with Crippen LogP contribution in [0.3, 0.4) is 0 Å². The number of likely N-dealkylation sites (tertiary alicyclic amines) is 1. The van der Waals surface area contributed by atoms with Crippen molar-refractivity contribution < 1.29 is 23.9 Å². The third kappa shape index (κ3) is 7.06. The van der Waals surface area contributed by atoms with Gasteiger partial charge in [-0.25, -0.2) is 4.98 Å². The van der Waals surface area contributed by atoms with E-state index < -0.39 is 17.6 Å². The Kier molecular flexibility index (Phi) is 9.54. The summed E-state index contributed by atoms with van der Waals surface area (Å²) in [5, 5.41) is 6.37. The summed E-state index contributed by atoms with van der Waals surface area (Å²) in [5.41, 5.74) is -0.677. The molecule has 224 valence electrons. The first-order valence-electron chi connectivity index (χ1n) is 15.1. The minimum atomic E-state index is -0.677. The van der Waals surface area contributed by atoms with Gasteiger partial charge in [-0.2, -0.15) is 0 Å². The molecule has 1 aromatic heterocycles. The van der Waals surface area contributed by atoms with Gasteiger partial charge in [0.2, 0.25) is 11.8 Å². The van der Waals surface area contributed by atoms with Crippen molar-refractivity contribution in [3.8, 4) is 0 Å². The molecule has 0 aliphatic carbocycles. The van der Waals surface area contributed by atoms with Crippen LogP contribution in [0.5, 0.6) is 0 Å². The molecule has 2 N–H and O–H groups in total. The van der Waals surface area contributed by atoms with Crippen molar-refractivity contribution in [1.29, 1.82) is 0 Å². The van der Waals surface area contributed by atoms with E-state index in [-0.39, 0.29) is 35.6 Å². The lowest BCUT2D eigenvalue weighted by atomic mass is 9.74. The fraction of sp³-hybridized carbons (Fsp3) is 0.700. The number of carbonyl (C=O) groups excluding carboxylic acids is 3. The molecule has 0 bridgehead atoms. The third-order valence-electron chi connectivity index (χ3n) is 8.97. The average Bonchev–Trinajstić information content (AvgIpc) is 2.99. The molecule has 11 heteroatoms. The first-order valence-corrected chi connectivity index (χ1v) is 15.1. The Hall–Kier alpha value is -3.05. The number of aromatic nitrogens is 2. The first-order chi connectivity index (χ1) is 19.8. The number of nitrogens with zero attached hydrogens (tertiary/aromatic N) is 4. The standard InChI is InChI=1S/C30H44N6O5/c1-21(2)17-24-27(37)33-23-6-15-40-20-22(23)5-3-4-7-30(29(39)34-24)8-12-35(13-9-30)28(38)25-19-36(14-16-41-25)26-18-31-10-11-32-26/h3-4,10-11,18,21-25H,5-9,12-17,19-20H2,1-2H3,(H,33,37)(H,34,39)/b4-3+/t22-,23+,24-,25?/m1/s1. The van der Waals surface area contributed by atoms with Gasteiger partial charge in [0.15, 0.2) is 6.10 Å². The van der Waals surface area contributed by atoms with E-state index in [1.807, 2.05) is 9.80 Å². The molecule has 5 heterocycles. The molecule has 4 atom stereocenters. The van der Waals surface area contributed by atoms with Crippen molar-refractivity contribution in [3.63, 3.8) is 0 Å². The van der Waals surface area contributed by atoms with Crippen molar-refractivity contribution >= 4 is 23.5 Å². The van der Waals surface area contributed by atoms with E-state index in [9.17, 15) is 14.4 Å². The SMILES string of the molecule is CC(C)C[C@H]1NC(=O)C2(C/C=C/C[C@@H]3COCC[C@@H]3NC1=O)CCN(C(=O)C1CN(c3cnccn3)CCO1)CC2. The summed E-state index contributed by atoms with van der Waals surface area (Å²) in [6, 6.07) is -0.546. The molecule has 0 aromatic carbocycles. The Labute approximate surface area is 242 Å². The van der Waals surface area contributed by atoms with E-state index in [0.717, 1.165) is 18.7 Å². The van der Waals surface area contributed by atoms with Gasteiger partial charge in [-0.15, -0.1) is 0 Å². The summed E-state index contributed by atoms with van der Waals surface area (Å²) in [5.74, 6) is 0.926. The lowest BCUT2D eigenvalue weighted by molar-refractivity contribution is -0.150. The second-order valence-electron chi connectivity index (χ2n) is 12.3. The molecule has 4 aliphatic rings. The summed E-state index contributed by atoms with van der Waals surface area (Å²) in [6.45, 7) is 7.81. The summed E-state index contributed by atoms with van der Waals surface area (Å²) < 4.78 is 11.6. The van der Waals surface area contributed by atoms with Gasteiger partial charge in [0, 0.05) is 50.6 Å². The Morgan fingerprint density at radius 3 is 2.71 bits per heavy atom. The molecule has 1 unspecified atom stereocenters. The van der Waals surface area contributed by atoms with Crippen LogP contribution in [0, 0.1) is 17.3 Å². The number of amides is 3. The number of hydrogen-bond donors (Lipinski definition) is 2. The molecule has 11 nitrogen and oxygen atoms in total. The number of morpholine rings is 1. The van der Waals surface area contributed by atoms with Crippen LogP contribution < -0.4 is 15.5 Å². The van der Waals surface area contributed by atoms with E-state index in [0.29, 0.717) is 71.7 Å². The van der Waals surface area contributed by atoms with E-state index in [2.05, 4.69) is 46.6 Å². The van der Waals surface area contributed by atoms with Crippen molar-refractivity contribution in [2.24, 2.45) is 17.3 Å². The van der Waals surface area contributed by atoms with Crippen LogP contribution in [-0.2, 0) is 23.9 Å². The summed E-state index contributed by atoms with van der Waals surface area (Å²) in [4.78, 5) is 53.2. The molecule has 0 saturated carbocycles. The van der Waals surface area contributed by atoms with E-state index in [1.54, 1.807) is 18.6 Å². The Morgan fingerprint density at radius 1 is 1.12 bits per heavy atom. The molecule has 1 spiro atoms. The van der Waals surface area contributed by atoms with Gasteiger partial charge in [0.05, 0.1) is 31.4 Å². The smallest absolute Gasteiger partial charge is 0.253 e. The van der Waals surface area contributed by atoms with E-state index >= 15 is 0 Å². The van der Waals surface area contributed by atoms with Crippen LogP contribution in [0.15, 0.2) is 30.7 Å². The molecule has 3 saturated heterocycles. The van der Waals surface area contributed by atoms with Crippen LogP contribution in [0.2, 0.25) is 0 Å². The molecule has 1 aromatic rings. The first kappa shape index (κ1) is 29.4. The van der Waals surface area contributed by atoms with Gasteiger partial charge in [0.1, 0.15) is 11.9 Å². The van der Waals surface area contributed by atoms with Crippen LogP contribution in [0.25, 0.3) is 0 Å². The van der Waals surface area contributed by atoms with Gasteiger partial charge >= 0.3 is 0 Å². The molecule has 0 radical (unpaired) electrons. The molecule has 4 aliphatic heterocycles. The molecular formula is C30H44N6O5. The molecule has 3 fully saturated rings. The minimum Gasteiger partial charge on any atom is -0.381 e. The number of ether oxygens (including phenoxy) is 2. The monoisotopic (exact) mass is 568 g/mol. The molecule has 41 heavy (non-hydrogen) atoms. The molecular weight excluding hydrogens is 524 g/mol. The maximum absolute atomic E-state index is 13.9. The summed E-state index contributed by atoms with van der Waals surface area (Å²) in [7, 11) is 0. The van der Waals surface area contributed by atoms with Gasteiger partial charge in [-0.3, -0.25) is 19.4 Å². The Morgan fingerprint density at radius 2 is 1.95 bits per heavy atom. The number of rotatable bonds is 4. The highest BCUT2D eigenvalue weighted by atomic mass is 16.5. The normalized spacial score (nSPS) is 30.0. The van der Waals surface area contributed by atoms with E-state index in [1.165, 1.54) is 0 Å². The zero-order valence-corrected chi connectivity index (χ0v) is 24.3. The fourth-order valence-electron chi connectivity index (χ4n) is 6.44. The van der Waals surface area contributed by atoms with Crippen LogP contribution >= 0.6 is 0 Å². The van der Waals surface area contributed by atoms with Crippen molar-refractivity contribution in [2.75, 3.05) is 50.9 Å². The van der Waals surface area contributed by atoms with Gasteiger partial charge in [-0.1, -0.05) is 26.0 Å². The summed E-state index contributed by atoms with van der Waals surface area (Å²) in [6.07, 6.45) is 12.4. The topological polar surface area (TPSA) is 126 Å². The van der Waals surface area contributed by atoms with E-state index in [4.69, 9.17) is 9.47 Å². The lowest BCUT2D eigenvalue weighted by Crippen LogP contribution is -2.58. The number of piperidine rings is 1. The Bertz CT molecular complexity index is 1090. The van der Waals surface area contributed by atoms with Gasteiger partial charge in [0.25, 0.3) is 5.91 Å². The van der Waals surface area contributed by atoms with Crippen LogP contribution in [0.1, 0.15) is 52.4 Å². The number of hydrogen-bond acceptors (Lipinski definition) is 8. The second-order valence-corrected chi connectivity index (χ2v) is 12.3. The number of nitrogens with one attached hydrogen (secondary N) is 2. The molecule has 5 rings (SSSR count). The largest absolute Gasteiger partial charge is 0.381 e. The minimum absolute atomic E-state index is 0.0435. The Balaban J connectivity index is 1.27.